The van der Waals surface area contributed by atoms with Crippen molar-refractivity contribution in [2.75, 3.05) is 30.8 Å². The van der Waals surface area contributed by atoms with Crippen LogP contribution in [-0.4, -0.2) is 57.6 Å². The average molecular weight is 524 g/mol. The van der Waals surface area contributed by atoms with Crippen LogP contribution in [0.4, 0.5) is 5.69 Å². The van der Waals surface area contributed by atoms with Crippen LogP contribution in [0.15, 0.2) is 42.5 Å². The summed E-state index contributed by atoms with van der Waals surface area (Å²) in [5.41, 5.74) is 1.82. The van der Waals surface area contributed by atoms with Crippen LogP contribution in [0.3, 0.4) is 0 Å². The minimum absolute atomic E-state index is 0.106. The minimum Gasteiger partial charge on any atom is -0.495 e. The van der Waals surface area contributed by atoms with E-state index in [4.69, 9.17) is 16.3 Å². The molecule has 0 aromatic heterocycles. The minimum atomic E-state index is -3.85. The van der Waals surface area contributed by atoms with Gasteiger partial charge in [-0.2, -0.15) is 0 Å². The Kier molecular flexibility index (Phi) is 9.97. The summed E-state index contributed by atoms with van der Waals surface area (Å²) in [5.74, 6) is -0.289. The molecule has 0 spiro atoms. The van der Waals surface area contributed by atoms with Gasteiger partial charge >= 0.3 is 0 Å². The molecule has 1 atom stereocenters. The highest BCUT2D eigenvalue weighted by Crippen LogP contribution is 2.31. The highest BCUT2D eigenvalue weighted by Gasteiger charge is 2.31. The van der Waals surface area contributed by atoms with E-state index in [1.165, 1.54) is 12.0 Å². The molecule has 1 N–H and O–H groups in total. The lowest BCUT2D eigenvalue weighted by Crippen LogP contribution is -2.51. The molecule has 8 nitrogen and oxygen atoms in total. The van der Waals surface area contributed by atoms with E-state index in [2.05, 4.69) is 5.32 Å². The maximum atomic E-state index is 13.6. The number of nitrogens with zero attached hydrogens (tertiary/aromatic N) is 2. The molecule has 0 aliphatic heterocycles. The van der Waals surface area contributed by atoms with E-state index >= 15 is 0 Å². The summed E-state index contributed by atoms with van der Waals surface area (Å²) >= 11 is 5.99. The number of benzene rings is 2. The molecule has 0 fully saturated rings. The quantitative estimate of drug-likeness (QED) is 0.485. The number of halogens is 1. The highest BCUT2D eigenvalue weighted by atomic mass is 35.5. The van der Waals surface area contributed by atoms with Gasteiger partial charge in [0.15, 0.2) is 0 Å². The van der Waals surface area contributed by atoms with Gasteiger partial charge < -0.3 is 15.0 Å². The summed E-state index contributed by atoms with van der Waals surface area (Å²) < 4.78 is 31.9. The van der Waals surface area contributed by atoms with Gasteiger partial charge in [0.1, 0.15) is 18.3 Å². The second-order valence-electron chi connectivity index (χ2n) is 8.91. The van der Waals surface area contributed by atoms with Crippen LogP contribution >= 0.6 is 11.6 Å². The SMILES string of the molecule is COc1ccc(C)cc1N(CC(=O)N(Cc1ccc(Cl)cc1)[C@H](C)C(=O)NCC(C)C)S(C)(=O)=O. The average Bonchev–Trinajstić information content (AvgIpc) is 2.79. The van der Waals surface area contributed by atoms with Crippen molar-refractivity contribution in [3.05, 3.63) is 58.6 Å². The first kappa shape index (κ1) is 28.5. The molecule has 10 heteroatoms. The standard InChI is InChI=1S/C25H34ClN3O5S/c1-17(2)14-27-25(31)19(4)28(15-20-8-10-21(26)11-9-20)24(30)16-29(35(6,32)33)22-13-18(3)7-12-23(22)34-5/h7-13,17,19H,14-16H2,1-6H3,(H,27,31)/t19-/m1/s1. The predicted molar refractivity (Wildman–Crippen MR) is 139 cm³/mol. The lowest BCUT2D eigenvalue weighted by molar-refractivity contribution is -0.139. The number of nitrogens with one attached hydrogen (secondary N) is 1. The molecular weight excluding hydrogens is 490 g/mol. The maximum absolute atomic E-state index is 13.6. The van der Waals surface area contributed by atoms with Crippen molar-refractivity contribution in [2.24, 2.45) is 5.92 Å². The molecule has 0 saturated heterocycles. The molecule has 0 heterocycles. The molecule has 0 bridgehead atoms. The van der Waals surface area contributed by atoms with Crippen molar-refractivity contribution >= 4 is 39.1 Å². The van der Waals surface area contributed by atoms with Crippen molar-refractivity contribution < 1.29 is 22.7 Å². The Balaban J connectivity index is 2.43. The molecule has 35 heavy (non-hydrogen) atoms. The van der Waals surface area contributed by atoms with Crippen molar-refractivity contribution in [2.45, 2.75) is 40.3 Å². The Morgan fingerprint density at radius 1 is 1.09 bits per heavy atom. The number of anilines is 1. The molecule has 0 radical (unpaired) electrons. The monoisotopic (exact) mass is 523 g/mol. The molecule has 2 aromatic rings. The maximum Gasteiger partial charge on any atom is 0.244 e. The van der Waals surface area contributed by atoms with Gasteiger partial charge in [-0.25, -0.2) is 8.42 Å². The summed E-state index contributed by atoms with van der Waals surface area (Å²) in [6, 6.07) is 11.2. The fourth-order valence-electron chi connectivity index (χ4n) is 3.41. The first-order valence-electron chi connectivity index (χ1n) is 11.3. The zero-order chi connectivity index (χ0) is 26.3. The Bertz CT molecular complexity index is 1140. The first-order valence-corrected chi connectivity index (χ1v) is 13.5. The zero-order valence-corrected chi connectivity index (χ0v) is 22.6. The summed E-state index contributed by atoms with van der Waals surface area (Å²) in [7, 11) is -2.42. The van der Waals surface area contributed by atoms with Crippen LogP contribution in [0.2, 0.25) is 5.02 Å². The number of hydrogen-bond acceptors (Lipinski definition) is 5. The fourth-order valence-corrected chi connectivity index (χ4v) is 4.38. The number of amides is 2. The Morgan fingerprint density at radius 2 is 1.71 bits per heavy atom. The molecular formula is C25H34ClN3O5S. The van der Waals surface area contributed by atoms with E-state index in [0.29, 0.717) is 17.3 Å². The third-order valence-corrected chi connectivity index (χ3v) is 6.78. The first-order chi connectivity index (χ1) is 16.3. The normalized spacial score (nSPS) is 12.2. The zero-order valence-electron chi connectivity index (χ0n) is 21.0. The number of sulfonamides is 1. The second-order valence-corrected chi connectivity index (χ2v) is 11.3. The van der Waals surface area contributed by atoms with Crippen LogP contribution in [0, 0.1) is 12.8 Å². The number of methoxy groups -OCH3 is 1. The molecule has 2 rings (SSSR count). The van der Waals surface area contributed by atoms with Crippen LogP contribution < -0.4 is 14.4 Å². The lowest BCUT2D eigenvalue weighted by Gasteiger charge is -2.32. The summed E-state index contributed by atoms with van der Waals surface area (Å²) in [6.45, 7) is 7.47. The molecule has 2 aromatic carbocycles. The molecule has 2 amide bonds. The predicted octanol–water partition coefficient (Wildman–Crippen LogP) is 3.61. The molecule has 0 aliphatic carbocycles. The van der Waals surface area contributed by atoms with Crippen LogP contribution in [0.5, 0.6) is 5.75 Å². The van der Waals surface area contributed by atoms with Crippen LogP contribution in [0.25, 0.3) is 0 Å². The summed E-state index contributed by atoms with van der Waals surface area (Å²) in [4.78, 5) is 27.8. The van der Waals surface area contributed by atoms with E-state index in [1.54, 1.807) is 49.4 Å². The Morgan fingerprint density at radius 3 is 2.26 bits per heavy atom. The number of ether oxygens (including phenoxy) is 1. The number of carbonyl (C=O) groups is 2. The lowest BCUT2D eigenvalue weighted by atomic mass is 10.1. The number of rotatable bonds is 11. The van der Waals surface area contributed by atoms with Gasteiger partial charge in [0.25, 0.3) is 0 Å². The third kappa shape index (κ3) is 8.14. The molecule has 0 saturated carbocycles. The largest absolute Gasteiger partial charge is 0.495 e. The van der Waals surface area contributed by atoms with Gasteiger partial charge in [-0.15, -0.1) is 0 Å². The highest BCUT2D eigenvalue weighted by molar-refractivity contribution is 7.92. The third-order valence-electron chi connectivity index (χ3n) is 5.40. The van der Waals surface area contributed by atoms with E-state index < -0.39 is 28.5 Å². The second kappa shape index (κ2) is 12.3. The van der Waals surface area contributed by atoms with E-state index in [1.807, 2.05) is 20.8 Å². The van der Waals surface area contributed by atoms with Crippen molar-refractivity contribution in [3.63, 3.8) is 0 Å². The van der Waals surface area contributed by atoms with E-state index in [0.717, 1.165) is 21.7 Å². The van der Waals surface area contributed by atoms with Crippen molar-refractivity contribution in [1.82, 2.24) is 10.2 Å². The van der Waals surface area contributed by atoms with Gasteiger partial charge in [0.2, 0.25) is 21.8 Å². The van der Waals surface area contributed by atoms with E-state index in [9.17, 15) is 18.0 Å². The summed E-state index contributed by atoms with van der Waals surface area (Å²) in [6.07, 6.45) is 1.03. The molecule has 192 valence electrons. The van der Waals surface area contributed by atoms with Gasteiger partial charge in [0.05, 0.1) is 19.1 Å². The summed E-state index contributed by atoms with van der Waals surface area (Å²) in [5, 5.41) is 3.39. The number of aryl methyl sites for hydroxylation is 1. The van der Waals surface area contributed by atoms with Crippen LogP contribution in [-0.2, 0) is 26.2 Å². The fraction of sp³-hybridized carbons (Fsp3) is 0.440. The van der Waals surface area contributed by atoms with Crippen molar-refractivity contribution in [3.8, 4) is 5.75 Å². The topological polar surface area (TPSA) is 96.0 Å². The number of hydrogen-bond donors (Lipinski definition) is 1. The van der Waals surface area contributed by atoms with Gasteiger partial charge in [-0.1, -0.05) is 43.6 Å². The Hall–Kier alpha value is -2.78. The van der Waals surface area contributed by atoms with Gasteiger partial charge in [-0.3, -0.25) is 13.9 Å². The number of carbonyl (C=O) groups excluding carboxylic acids is 2. The van der Waals surface area contributed by atoms with Crippen LogP contribution in [0.1, 0.15) is 31.9 Å². The van der Waals surface area contributed by atoms with Gasteiger partial charge in [0, 0.05) is 18.1 Å². The van der Waals surface area contributed by atoms with E-state index in [-0.39, 0.29) is 24.1 Å². The Labute approximate surface area is 213 Å². The van der Waals surface area contributed by atoms with Gasteiger partial charge in [-0.05, 0) is 55.2 Å². The smallest absolute Gasteiger partial charge is 0.244 e. The molecule has 0 unspecified atom stereocenters. The molecule has 0 aliphatic rings. The van der Waals surface area contributed by atoms with Crippen molar-refractivity contribution in [1.29, 1.82) is 0 Å².